The summed E-state index contributed by atoms with van der Waals surface area (Å²) in [6.07, 6.45) is 3.25. The Hall–Kier alpha value is -2.44. The minimum absolute atomic E-state index is 0.247. The fourth-order valence-corrected chi connectivity index (χ4v) is 1.27. The summed E-state index contributed by atoms with van der Waals surface area (Å²) in [6, 6.07) is 2.27. The van der Waals surface area contributed by atoms with E-state index in [1.165, 1.54) is 0 Å². The Kier molecular flexibility index (Phi) is 1.82. The monoisotopic (exact) mass is 217 g/mol. The van der Waals surface area contributed by atoms with E-state index in [1.807, 2.05) is 0 Å². The van der Waals surface area contributed by atoms with Crippen LogP contribution in [0.4, 0.5) is 12.0 Å². The van der Waals surface area contributed by atoms with Crippen LogP contribution in [0.25, 0.3) is 11.1 Å². The zero-order valence-corrected chi connectivity index (χ0v) is 8.34. The summed E-state index contributed by atoms with van der Waals surface area (Å²) in [5.41, 5.74) is 1.31. The summed E-state index contributed by atoms with van der Waals surface area (Å²) in [4.78, 5) is 8.08. The topological polar surface area (TPSA) is 89.9 Å². The Labute approximate surface area is 89.5 Å². The van der Waals surface area contributed by atoms with Gasteiger partial charge in [-0.15, -0.1) is 5.10 Å². The average Bonchev–Trinajstić information content (AvgIpc) is 2.84. The van der Waals surface area contributed by atoms with Gasteiger partial charge in [0.2, 0.25) is 5.89 Å². The molecule has 1 N–H and O–H groups in total. The number of rotatable bonds is 2. The molecule has 0 aromatic carbocycles. The summed E-state index contributed by atoms with van der Waals surface area (Å²) in [7, 11) is 0. The quantitative estimate of drug-likeness (QED) is 0.697. The van der Waals surface area contributed by atoms with Gasteiger partial charge in [0.05, 0.1) is 6.20 Å². The maximum atomic E-state index is 5.39. The van der Waals surface area contributed by atoms with Crippen LogP contribution in [-0.4, -0.2) is 20.2 Å². The standard InChI is InChI=1S/C9H7N5O2/c1-5-13-14-9(15-5)12-8-11-6-4-10-3-2-7(6)16-8/h2-4H,1H3,(H,11,12,14). The minimum Gasteiger partial charge on any atom is -0.423 e. The molecule has 0 saturated carbocycles. The van der Waals surface area contributed by atoms with Gasteiger partial charge in [-0.25, -0.2) is 0 Å². The predicted octanol–water partition coefficient (Wildman–Crippen LogP) is 1.66. The second-order valence-electron chi connectivity index (χ2n) is 3.11. The van der Waals surface area contributed by atoms with E-state index in [-0.39, 0.29) is 6.01 Å². The van der Waals surface area contributed by atoms with E-state index < -0.39 is 0 Å². The number of hydrogen-bond donors (Lipinski definition) is 1. The van der Waals surface area contributed by atoms with Crippen LogP contribution in [-0.2, 0) is 0 Å². The molecule has 3 aromatic rings. The molecule has 0 unspecified atom stereocenters. The van der Waals surface area contributed by atoms with Crippen molar-refractivity contribution >= 4 is 23.1 Å². The van der Waals surface area contributed by atoms with Crippen molar-refractivity contribution in [2.45, 2.75) is 6.92 Å². The second kappa shape index (κ2) is 3.30. The molecule has 0 bridgehead atoms. The molecule has 0 aliphatic carbocycles. The second-order valence-corrected chi connectivity index (χ2v) is 3.11. The highest BCUT2D eigenvalue weighted by molar-refractivity contribution is 5.73. The van der Waals surface area contributed by atoms with Gasteiger partial charge in [-0.05, 0) is 0 Å². The van der Waals surface area contributed by atoms with Crippen molar-refractivity contribution in [1.29, 1.82) is 0 Å². The normalized spacial score (nSPS) is 10.8. The van der Waals surface area contributed by atoms with Gasteiger partial charge in [0.1, 0.15) is 5.52 Å². The Morgan fingerprint density at radius 3 is 2.88 bits per heavy atom. The molecule has 0 radical (unpaired) electrons. The molecular formula is C9H7N5O2. The van der Waals surface area contributed by atoms with Gasteiger partial charge in [-0.2, -0.15) is 4.98 Å². The van der Waals surface area contributed by atoms with Gasteiger partial charge >= 0.3 is 12.0 Å². The molecule has 0 aliphatic heterocycles. The fraction of sp³-hybridized carbons (Fsp3) is 0.111. The number of hydrogen-bond acceptors (Lipinski definition) is 7. The number of pyridine rings is 1. The lowest BCUT2D eigenvalue weighted by Crippen LogP contribution is -1.89. The Morgan fingerprint density at radius 2 is 2.12 bits per heavy atom. The number of aryl methyl sites for hydroxylation is 1. The molecule has 0 fully saturated rings. The first-order valence-corrected chi connectivity index (χ1v) is 4.59. The third-order valence-electron chi connectivity index (χ3n) is 1.93. The lowest BCUT2D eigenvalue weighted by molar-refractivity contribution is 0.528. The molecule has 80 valence electrons. The summed E-state index contributed by atoms with van der Waals surface area (Å²) in [5.74, 6) is 0.472. The van der Waals surface area contributed by atoms with Crippen LogP contribution < -0.4 is 5.32 Å². The molecule has 3 heterocycles. The first-order chi connectivity index (χ1) is 7.81. The molecule has 3 aromatic heterocycles. The molecule has 0 spiro atoms. The summed E-state index contributed by atoms with van der Waals surface area (Å²) >= 11 is 0. The SMILES string of the molecule is Cc1nnc(Nc2nc3cnccc3o2)o1. The molecule has 0 amide bonds. The van der Waals surface area contributed by atoms with Crippen molar-refractivity contribution in [2.75, 3.05) is 5.32 Å². The lowest BCUT2D eigenvalue weighted by atomic mass is 10.4. The van der Waals surface area contributed by atoms with E-state index in [1.54, 1.807) is 25.4 Å². The molecule has 0 saturated heterocycles. The zero-order chi connectivity index (χ0) is 11.0. The van der Waals surface area contributed by atoms with Crippen LogP contribution in [0, 0.1) is 6.92 Å². The summed E-state index contributed by atoms with van der Waals surface area (Å²) in [6.45, 7) is 1.70. The van der Waals surface area contributed by atoms with E-state index in [2.05, 4.69) is 25.5 Å². The summed E-state index contributed by atoms with van der Waals surface area (Å²) in [5, 5.41) is 10.2. The molecule has 7 heteroatoms. The van der Waals surface area contributed by atoms with Crippen LogP contribution in [0.2, 0.25) is 0 Å². The van der Waals surface area contributed by atoms with E-state index >= 15 is 0 Å². The number of anilines is 2. The molecule has 7 nitrogen and oxygen atoms in total. The molecule has 3 rings (SSSR count). The van der Waals surface area contributed by atoms with E-state index in [0.717, 1.165) is 0 Å². The first-order valence-electron chi connectivity index (χ1n) is 4.59. The smallest absolute Gasteiger partial charge is 0.323 e. The highest BCUT2D eigenvalue weighted by atomic mass is 16.4. The van der Waals surface area contributed by atoms with Crippen molar-refractivity contribution in [2.24, 2.45) is 0 Å². The van der Waals surface area contributed by atoms with E-state index in [0.29, 0.717) is 23.0 Å². The van der Waals surface area contributed by atoms with Crippen molar-refractivity contribution in [3.63, 3.8) is 0 Å². The van der Waals surface area contributed by atoms with Gasteiger partial charge < -0.3 is 8.83 Å². The van der Waals surface area contributed by atoms with Crippen LogP contribution in [0.15, 0.2) is 27.3 Å². The predicted molar refractivity (Wildman–Crippen MR) is 54.1 cm³/mol. The zero-order valence-electron chi connectivity index (χ0n) is 8.34. The molecule has 0 atom stereocenters. The third kappa shape index (κ3) is 1.48. The number of oxazole rings is 1. The fourth-order valence-electron chi connectivity index (χ4n) is 1.27. The Balaban J connectivity index is 1.95. The summed E-state index contributed by atoms with van der Waals surface area (Å²) < 4.78 is 10.5. The van der Waals surface area contributed by atoms with Crippen LogP contribution in [0.1, 0.15) is 5.89 Å². The number of aromatic nitrogens is 4. The molecule has 16 heavy (non-hydrogen) atoms. The number of nitrogens with one attached hydrogen (secondary N) is 1. The van der Waals surface area contributed by atoms with Gasteiger partial charge in [-0.3, -0.25) is 10.3 Å². The van der Waals surface area contributed by atoms with Gasteiger partial charge in [0.15, 0.2) is 5.58 Å². The van der Waals surface area contributed by atoms with Crippen LogP contribution >= 0.6 is 0 Å². The third-order valence-corrected chi connectivity index (χ3v) is 1.93. The number of fused-ring (bicyclic) bond motifs is 1. The average molecular weight is 217 g/mol. The van der Waals surface area contributed by atoms with E-state index in [4.69, 9.17) is 8.83 Å². The highest BCUT2D eigenvalue weighted by Gasteiger charge is 2.08. The van der Waals surface area contributed by atoms with Crippen molar-refractivity contribution in [3.8, 4) is 0 Å². The number of nitrogens with zero attached hydrogens (tertiary/aromatic N) is 4. The molecular weight excluding hydrogens is 210 g/mol. The van der Waals surface area contributed by atoms with Gasteiger partial charge in [0.25, 0.3) is 0 Å². The first kappa shape index (κ1) is 8.84. The van der Waals surface area contributed by atoms with Crippen molar-refractivity contribution in [1.82, 2.24) is 20.2 Å². The lowest BCUT2D eigenvalue weighted by Gasteiger charge is -1.90. The van der Waals surface area contributed by atoms with E-state index in [9.17, 15) is 0 Å². The largest absolute Gasteiger partial charge is 0.423 e. The highest BCUT2D eigenvalue weighted by Crippen LogP contribution is 2.20. The maximum absolute atomic E-state index is 5.39. The van der Waals surface area contributed by atoms with Gasteiger partial charge in [0, 0.05) is 19.2 Å². The van der Waals surface area contributed by atoms with Crippen LogP contribution in [0.3, 0.4) is 0 Å². The van der Waals surface area contributed by atoms with Crippen LogP contribution in [0.5, 0.6) is 0 Å². The maximum Gasteiger partial charge on any atom is 0.323 e. The van der Waals surface area contributed by atoms with Crippen molar-refractivity contribution < 1.29 is 8.83 Å². The Bertz CT molecular complexity index is 596. The minimum atomic E-state index is 0.247. The van der Waals surface area contributed by atoms with Crippen molar-refractivity contribution in [3.05, 3.63) is 24.4 Å². The molecule has 0 aliphatic rings. The Morgan fingerprint density at radius 1 is 1.19 bits per heavy atom. The van der Waals surface area contributed by atoms with Gasteiger partial charge in [-0.1, -0.05) is 5.10 Å².